The summed E-state index contributed by atoms with van der Waals surface area (Å²) in [7, 11) is 0. The van der Waals surface area contributed by atoms with Crippen LogP contribution in [-0.2, 0) is 4.79 Å². The fourth-order valence-electron chi connectivity index (χ4n) is 4.39. The van der Waals surface area contributed by atoms with Crippen molar-refractivity contribution in [3.8, 4) is 24.0 Å². The Hall–Kier alpha value is -3.80. The molecule has 0 radical (unpaired) electrons. The van der Waals surface area contributed by atoms with Crippen LogP contribution in [0.25, 0.3) is 0 Å². The summed E-state index contributed by atoms with van der Waals surface area (Å²) in [6.07, 6.45) is 1.92. The third-order valence-electron chi connectivity index (χ3n) is 6.02. The van der Waals surface area contributed by atoms with Gasteiger partial charge in [0.1, 0.15) is 5.75 Å². The lowest BCUT2D eigenvalue weighted by Crippen LogP contribution is -2.48. The van der Waals surface area contributed by atoms with Crippen molar-refractivity contribution in [2.45, 2.75) is 25.8 Å². The first-order valence-electron chi connectivity index (χ1n) is 9.97. The number of nitrogens with zero attached hydrogens (tertiary/aromatic N) is 4. The second-order valence-corrected chi connectivity index (χ2v) is 8.03. The summed E-state index contributed by atoms with van der Waals surface area (Å²) in [5.74, 6) is -0.762. The Morgan fingerprint density at radius 2 is 1.90 bits per heavy atom. The van der Waals surface area contributed by atoms with Gasteiger partial charge in [-0.3, -0.25) is 9.69 Å². The van der Waals surface area contributed by atoms with E-state index in [1.165, 1.54) is 0 Å². The molecule has 0 aromatic heterocycles. The van der Waals surface area contributed by atoms with Gasteiger partial charge in [-0.15, -0.1) is 0 Å². The highest BCUT2D eigenvalue weighted by Crippen LogP contribution is 2.53. The van der Waals surface area contributed by atoms with Crippen LogP contribution in [0.4, 0.5) is 0 Å². The number of hydrogen-bond donors (Lipinski definition) is 2. The molecule has 8 heteroatoms. The number of carbonyl (C=O) groups is 1. The normalized spacial score (nSPS) is 22.5. The number of rotatable bonds is 5. The van der Waals surface area contributed by atoms with Crippen molar-refractivity contribution in [3.63, 3.8) is 0 Å². The van der Waals surface area contributed by atoms with Crippen LogP contribution in [0, 0.1) is 45.3 Å². The van der Waals surface area contributed by atoms with Crippen LogP contribution in [0.5, 0.6) is 5.75 Å². The van der Waals surface area contributed by atoms with Crippen molar-refractivity contribution in [3.05, 3.63) is 52.7 Å². The van der Waals surface area contributed by atoms with Gasteiger partial charge in [-0.05, 0) is 37.1 Å². The monoisotopic (exact) mass is 416 g/mol. The molecule has 0 fully saturated rings. The predicted molar refractivity (Wildman–Crippen MR) is 113 cm³/mol. The van der Waals surface area contributed by atoms with Crippen LogP contribution < -0.4 is 16.2 Å². The number of primary amides is 1. The highest BCUT2D eigenvalue weighted by Gasteiger charge is 2.52. The largest absolute Gasteiger partial charge is 0.484 e. The van der Waals surface area contributed by atoms with E-state index in [2.05, 4.69) is 37.0 Å². The summed E-state index contributed by atoms with van der Waals surface area (Å²) in [6.45, 7) is 5.14. The smallest absolute Gasteiger partial charge is 0.255 e. The maximum atomic E-state index is 10.9. The molecule has 0 saturated carbocycles. The molecule has 2 aliphatic rings. The van der Waals surface area contributed by atoms with Gasteiger partial charge >= 0.3 is 0 Å². The van der Waals surface area contributed by atoms with Gasteiger partial charge in [0, 0.05) is 31.0 Å². The van der Waals surface area contributed by atoms with Crippen molar-refractivity contribution in [2.24, 2.45) is 22.8 Å². The third kappa shape index (κ3) is 3.72. The number of carbonyl (C=O) groups excluding carboxylic acids is 1. The second-order valence-electron chi connectivity index (χ2n) is 8.03. The lowest BCUT2D eigenvalue weighted by Gasteiger charge is -2.46. The first-order valence-corrected chi connectivity index (χ1v) is 9.97. The summed E-state index contributed by atoms with van der Waals surface area (Å²) < 4.78 is 5.33. The van der Waals surface area contributed by atoms with Crippen molar-refractivity contribution in [1.29, 1.82) is 15.8 Å². The molecule has 8 nitrogen and oxygen atoms in total. The molecule has 1 aromatic carbocycles. The van der Waals surface area contributed by atoms with Gasteiger partial charge in [0.2, 0.25) is 5.41 Å². The van der Waals surface area contributed by atoms with Crippen LogP contribution in [0.2, 0.25) is 0 Å². The number of nitrogens with two attached hydrogens (primary N) is 2. The average molecular weight is 416 g/mol. The lowest BCUT2D eigenvalue weighted by atomic mass is 9.60. The number of hydrogen-bond acceptors (Lipinski definition) is 7. The van der Waals surface area contributed by atoms with Crippen LogP contribution in [0.1, 0.15) is 25.3 Å². The second kappa shape index (κ2) is 8.52. The maximum Gasteiger partial charge on any atom is 0.255 e. The van der Waals surface area contributed by atoms with Crippen molar-refractivity contribution < 1.29 is 9.53 Å². The van der Waals surface area contributed by atoms with Gasteiger partial charge in [-0.1, -0.05) is 18.2 Å². The molecular formula is C23H24N6O2. The zero-order chi connectivity index (χ0) is 22.8. The number of benzene rings is 1. The van der Waals surface area contributed by atoms with Crippen molar-refractivity contribution in [2.75, 3.05) is 19.7 Å². The Bertz CT molecular complexity index is 1050. The SMILES string of the molecule is CC(C)N1CC=C2C(C1)C(c1ccc(OCC(N)=O)cc1)C(C#N)=C(N)C2(C#N)C#N. The van der Waals surface area contributed by atoms with Gasteiger partial charge in [0.15, 0.2) is 6.61 Å². The molecule has 0 bridgehead atoms. The Labute approximate surface area is 181 Å². The zero-order valence-corrected chi connectivity index (χ0v) is 17.5. The first kappa shape index (κ1) is 21.9. The molecule has 1 heterocycles. The highest BCUT2D eigenvalue weighted by molar-refractivity contribution is 5.75. The number of allylic oxidation sites excluding steroid dienone is 2. The van der Waals surface area contributed by atoms with Crippen LogP contribution in [0.3, 0.4) is 0 Å². The Balaban J connectivity index is 2.13. The van der Waals surface area contributed by atoms with Gasteiger partial charge in [-0.25, -0.2) is 0 Å². The molecule has 158 valence electrons. The Morgan fingerprint density at radius 1 is 1.26 bits per heavy atom. The van der Waals surface area contributed by atoms with Gasteiger partial charge in [0.25, 0.3) is 5.91 Å². The van der Waals surface area contributed by atoms with E-state index in [9.17, 15) is 20.6 Å². The third-order valence-corrected chi connectivity index (χ3v) is 6.02. The molecule has 2 unspecified atom stereocenters. The molecule has 1 aromatic rings. The molecule has 0 saturated heterocycles. The number of fused-ring (bicyclic) bond motifs is 1. The summed E-state index contributed by atoms with van der Waals surface area (Å²) in [5, 5.41) is 29.8. The number of ether oxygens (including phenoxy) is 1. The highest BCUT2D eigenvalue weighted by atomic mass is 16.5. The predicted octanol–water partition coefficient (Wildman–Crippen LogP) is 1.68. The van der Waals surface area contributed by atoms with E-state index >= 15 is 0 Å². The van der Waals surface area contributed by atoms with E-state index in [0.717, 1.165) is 5.56 Å². The molecular weight excluding hydrogens is 392 g/mol. The van der Waals surface area contributed by atoms with E-state index in [1.54, 1.807) is 12.1 Å². The minimum atomic E-state index is -1.64. The molecule has 2 atom stereocenters. The fourth-order valence-corrected chi connectivity index (χ4v) is 4.39. The molecule has 0 spiro atoms. The molecule has 1 aliphatic carbocycles. The first-order chi connectivity index (χ1) is 14.8. The molecule has 31 heavy (non-hydrogen) atoms. The van der Waals surface area contributed by atoms with Crippen molar-refractivity contribution in [1.82, 2.24) is 4.90 Å². The summed E-state index contributed by atoms with van der Waals surface area (Å²) in [4.78, 5) is 13.2. The van der Waals surface area contributed by atoms with Gasteiger partial charge < -0.3 is 16.2 Å². The topological polar surface area (TPSA) is 153 Å². The average Bonchev–Trinajstić information content (AvgIpc) is 2.77. The maximum absolute atomic E-state index is 10.9. The van der Waals surface area contributed by atoms with Crippen molar-refractivity contribution >= 4 is 5.91 Å². The zero-order valence-electron chi connectivity index (χ0n) is 17.5. The number of nitriles is 3. The van der Waals surface area contributed by atoms with Crippen LogP contribution in [0.15, 0.2) is 47.2 Å². The summed E-state index contributed by atoms with van der Waals surface area (Å²) in [5.41, 5.74) is 11.5. The van der Waals surface area contributed by atoms with Crippen LogP contribution in [-0.4, -0.2) is 36.5 Å². The summed E-state index contributed by atoms with van der Waals surface area (Å²) >= 11 is 0. The molecule has 3 rings (SSSR count). The minimum absolute atomic E-state index is 0.000415. The Morgan fingerprint density at radius 3 is 2.42 bits per heavy atom. The molecule has 1 amide bonds. The van der Waals surface area contributed by atoms with Crippen LogP contribution >= 0.6 is 0 Å². The molecule has 1 aliphatic heterocycles. The number of amides is 1. The fraction of sp³-hybridized carbons (Fsp3) is 0.391. The van der Waals surface area contributed by atoms with Gasteiger partial charge in [0.05, 0.1) is 29.5 Å². The van der Waals surface area contributed by atoms with E-state index in [0.29, 0.717) is 24.4 Å². The minimum Gasteiger partial charge on any atom is -0.484 e. The summed E-state index contributed by atoms with van der Waals surface area (Å²) in [6, 6.07) is 13.6. The van der Waals surface area contributed by atoms with E-state index in [1.807, 2.05) is 18.2 Å². The standard InChI is InChI=1S/C23H24N6O2/c1-14(2)29-8-7-19-18(10-29)21(17(9-24)22(28)23(19,12-25)13-26)15-3-5-16(6-4-15)31-11-20(27)30/h3-7,14,18,21H,8,10-11,28H2,1-2H3,(H2,27,30). The lowest BCUT2D eigenvalue weighted by molar-refractivity contribution is -0.119. The van der Waals surface area contributed by atoms with Gasteiger partial charge in [-0.2, -0.15) is 15.8 Å². The quantitative estimate of drug-likeness (QED) is 0.692. The Kier molecular flexibility index (Phi) is 6.02. The van der Waals surface area contributed by atoms with E-state index < -0.39 is 17.2 Å². The van der Waals surface area contributed by atoms with E-state index in [-0.39, 0.29) is 29.8 Å². The van der Waals surface area contributed by atoms with E-state index in [4.69, 9.17) is 16.2 Å². The molecule has 4 N–H and O–H groups in total.